The Balaban J connectivity index is 1.41. The maximum atomic E-state index is 13.6. The number of hydrogen-bond acceptors (Lipinski definition) is 5. The molecule has 0 spiro atoms. The van der Waals surface area contributed by atoms with Crippen molar-refractivity contribution in [3.05, 3.63) is 82.9 Å². The summed E-state index contributed by atoms with van der Waals surface area (Å²) in [6.45, 7) is 4.72. The molecule has 3 aromatic rings. The number of ketones is 1. The van der Waals surface area contributed by atoms with Gasteiger partial charge in [0.2, 0.25) is 6.79 Å². The zero-order chi connectivity index (χ0) is 26.2. The number of hydrogen-bond donors (Lipinski definition) is 0. The first-order valence-electron chi connectivity index (χ1n) is 12.8. The number of nitrogens with zero attached hydrogens (tertiary/aromatic N) is 1. The van der Waals surface area contributed by atoms with Gasteiger partial charge in [0.1, 0.15) is 5.78 Å². The smallest absolute Gasteiger partial charge is 0.253 e. The van der Waals surface area contributed by atoms with Crippen LogP contribution in [0.1, 0.15) is 53.7 Å². The number of carbonyl (C=O) groups excluding carboxylic acids is 2. The first-order chi connectivity index (χ1) is 17.8. The highest BCUT2D eigenvalue weighted by Crippen LogP contribution is 2.51. The number of carbonyl (C=O) groups is 2. The molecule has 0 atom stereocenters. The highest BCUT2D eigenvalue weighted by molar-refractivity contribution is 5.95. The largest absolute Gasteiger partial charge is 0.454 e. The topological polar surface area (TPSA) is 65.1 Å². The molecule has 1 fully saturated rings. The van der Waals surface area contributed by atoms with Crippen LogP contribution in [0.3, 0.4) is 0 Å². The summed E-state index contributed by atoms with van der Waals surface area (Å²) < 4.78 is 16.9. The molecule has 3 aromatic carbocycles. The van der Waals surface area contributed by atoms with Crippen LogP contribution in [0.25, 0.3) is 11.1 Å². The van der Waals surface area contributed by atoms with Gasteiger partial charge in [-0.2, -0.15) is 0 Å². The molecule has 37 heavy (non-hydrogen) atoms. The van der Waals surface area contributed by atoms with E-state index in [2.05, 4.69) is 12.1 Å². The Morgan fingerprint density at radius 2 is 1.68 bits per heavy atom. The second-order valence-electron chi connectivity index (χ2n) is 10.4. The molecule has 6 nitrogen and oxygen atoms in total. The number of fused-ring (bicyclic) bond motifs is 1. The lowest BCUT2D eigenvalue weighted by atomic mass is 9.86. The third-order valence-corrected chi connectivity index (χ3v) is 7.17. The number of ether oxygens (including phenoxy) is 3. The van der Waals surface area contributed by atoms with Crippen molar-refractivity contribution in [3.63, 3.8) is 0 Å². The molecule has 1 aliphatic heterocycles. The number of rotatable bonds is 9. The molecular weight excluding hydrogens is 466 g/mol. The van der Waals surface area contributed by atoms with Crippen molar-refractivity contribution in [2.45, 2.75) is 51.2 Å². The Labute approximate surface area is 218 Å². The second kappa shape index (κ2) is 10.0. The van der Waals surface area contributed by atoms with Crippen molar-refractivity contribution in [2.75, 3.05) is 20.9 Å². The van der Waals surface area contributed by atoms with Gasteiger partial charge in [0.25, 0.3) is 5.91 Å². The summed E-state index contributed by atoms with van der Waals surface area (Å²) in [7, 11) is 3.49. The highest BCUT2D eigenvalue weighted by Gasteiger charge is 2.50. The monoisotopic (exact) mass is 499 g/mol. The van der Waals surface area contributed by atoms with Gasteiger partial charge in [-0.3, -0.25) is 9.59 Å². The molecule has 1 saturated carbocycles. The molecule has 0 N–H and O–H groups in total. The average molecular weight is 500 g/mol. The Kier molecular flexibility index (Phi) is 6.78. The minimum atomic E-state index is -0.450. The van der Waals surface area contributed by atoms with Crippen molar-refractivity contribution >= 4 is 11.7 Å². The van der Waals surface area contributed by atoms with E-state index in [-0.39, 0.29) is 24.6 Å². The van der Waals surface area contributed by atoms with Gasteiger partial charge < -0.3 is 19.1 Å². The van der Waals surface area contributed by atoms with Crippen LogP contribution in [0, 0.1) is 0 Å². The normalized spacial score (nSPS) is 15.1. The van der Waals surface area contributed by atoms with Crippen molar-refractivity contribution < 1.29 is 23.8 Å². The van der Waals surface area contributed by atoms with Crippen molar-refractivity contribution in [3.8, 4) is 22.6 Å². The van der Waals surface area contributed by atoms with Gasteiger partial charge in [-0.25, -0.2) is 0 Å². The third kappa shape index (κ3) is 5.12. The van der Waals surface area contributed by atoms with E-state index >= 15 is 0 Å². The van der Waals surface area contributed by atoms with Gasteiger partial charge in [0.05, 0.1) is 18.1 Å². The fourth-order valence-electron chi connectivity index (χ4n) is 4.84. The Morgan fingerprint density at radius 1 is 0.946 bits per heavy atom. The summed E-state index contributed by atoms with van der Waals surface area (Å²) in [6, 6.07) is 19.7. The van der Waals surface area contributed by atoms with Crippen molar-refractivity contribution in [2.24, 2.45) is 0 Å². The second-order valence-corrected chi connectivity index (χ2v) is 10.4. The van der Waals surface area contributed by atoms with E-state index < -0.39 is 5.41 Å². The van der Waals surface area contributed by atoms with Crippen LogP contribution in [0.4, 0.5) is 0 Å². The molecular formula is C31H33NO5. The van der Waals surface area contributed by atoms with Crippen LogP contribution in [-0.4, -0.2) is 43.6 Å². The molecule has 0 saturated heterocycles. The summed E-state index contributed by atoms with van der Waals surface area (Å²) in [4.78, 5) is 27.5. The molecule has 1 aliphatic carbocycles. The first kappa shape index (κ1) is 25.0. The number of amides is 1. The predicted molar refractivity (Wildman–Crippen MR) is 142 cm³/mol. The Morgan fingerprint density at radius 3 is 2.35 bits per heavy atom. The molecule has 192 valence electrons. The van der Waals surface area contributed by atoms with Crippen LogP contribution in [-0.2, 0) is 28.0 Å². The van der Waals surface area contributed by atoms with Crippen LogP contribution >= 0.6 is 0 Å². The van der Waals surface area contributed by atoms with Crippen LogP contribution in [0.5, 0.6) is 11.5 Å². The summed E-state index contributed by atoms with van der Waals surface area (Å²) in [6.07, 6.45) is 2.15. The predicted octanol–water partition coefficient (Wildman–Crippen LogP) is 5.55. The van der Waals surface area contributed by atoms with E-state index in [1.165, 1.54) is 0 Å². The Bertz CT molecular complexity index is 1320. The third-order valence-electron chi connectivity index (χ3n) is 7.17. The fraction of sp³-hybridized carbons (Fsp3) is 0.355. The van der Waals surface area contributed by atoms with E-state index in [1.54, 1.807) is 19.0 Å². The zero-order valence-electron chi connectivity index (χ0n) is 21.9. The minimum Gasteiger partial charge on any atom is -0.454 e. The maximum Gasteiger partial charge on any atom is 0.253 e. The molecule has 6 heteroatoms. The van der Waals surface area contributed by atoms with Gasteiger partial charge in [0.15, 0.2) is 11.5 Å². The molecule has 0 bridgehead atoms. The van der Waals surface area contributed by atoms with Gasteiger partial charge in [-0.05, 0) is 78.8 Å². The lowest BCUT2D eigenvalue weighted by Crippen LogP contribution is -2.22. The lowest BCUT2D eigenvalue weighted by molar-refractivity contribution is -0.120. The number of Topliss-reactive ketones (excluding diaryl/α,β-unsaturated/α-hetero) is 1. The van der Waals surface area contributed by atoms with Crippen molar-refractivity contribution in [1.29, 1.82) is 0 Å². The molecule has 0 aromatic heterocycles. The van der Waals surface area contributed by atoms with Gasteiger partial charge >= 0.3 is 0 Å². The molecule has 2 aliphatic rings. The summed E-state index contributed by atoms with van der Waals surface area (Å²) in [5.74, 6) is 1.63. The van der Waals surface area contributed by atoms with Gasteiger partial charge in [-0.15, -0.1) is 0 Å². The molecule has 1 heterocycles. The van der Waals surface area contributed by atoms with Crippen molar-refractivity contribution in [1.82, 2.24) is 4.90 Å². The summed E-state index contributed by atoms with van der Waals surface area (Å²) in [5.41, 5.74) is 5.22. The van der Waals surface area contributed by atoms with E-state index in [4.69, 9.17) is 14.2 Å². The van der Waals surface area contributed by atoms with Crippen LogP contribution < -0.4 is 9.47 Å². The van der Waals surface area contributed by atoms with Gasteiger partial charge in [0, 0.05) is 26.1 Å². The molecule has 0 unspecified atom stereocenters. The number of benzene rings is 3. The SMILES string of the molecule is CC(C)OCc1ccc(CC(=O)C2(c3ccc4c(c3)OCO4)CC2)cc1-c1ccc(C(=O)N(C)C)cc1. The average Bonchev–Trinajstić information content (AvgIpc) is 3.58. The quantitative estimate of drug-likeness (QED) is 0.386. The minimum absolute atomic E-state index is 0.0347. The molecule has 1 amide bonds. The highest BCUT2D eigenvalue weighted by atomic mass is 16.7. The molecule has 5 rings (SSSR count). The van der Waals surface area contributed by atoms with Crippen LogP contribution in [0.2, 0.25) is 0 Å². The maximum absolute atomic E-state index is 13.6. The molecule has 0 radical (unpaired) electrons. The van der Waals surface area contributed by atoms with E-state index in [9.17, 15) is 9.59 Å². The van der Waals surface area contributed by atoms with E-state index in [1.807, 2.05) is 62.4 Å². The first-order valence-corrected chi connectivity index (χ1v) is 12.8. The Hall–Kier alpha value is -3.64. The van der Waals surface area contributed by atoms with E-state index in [0.717, 1.165) is 46.4 Å². The fourth-order valence-corrected chi connectivity index (χ4v) is 4.84. The standard InChI is InChI=1S/C31H33NO5/c1-20(2)35-18-24-6-5-21(15-26(24)22-7-9-23(10-8-22)30(34)32(3)4)16-29(33)31(13-14-31)25-11-12-27-28(17-25)37-19-36-27/h5-12,15,17,20H,13-14,16,18-19H2,1-4H3. The summed E-state index contributed by atoms with van der Waals surface area (Å²) in [5, 5.41) is 0. The van der Waals surface area contributed by atoms with Gasteiger partial charge in [-0.1, -0.05) is 36.4 Å². The van der Waals surface area contributed by atoms with E-state index in [0.29, 0.717) is 24.3 Å². The zero-order valence-corrected chi connectivity index (χ0v) is 21.9. The summed E-state index contributed by atoms with van der Waals surface area (Å²) >= 11 is 0. The van der Waals surface area contributed by atoms with Crippen LogP contribution in [0.15, 0.2) is 60.7 Å². The lowest BCUT2D eigenvalue weighted by Gasteiger charge is -2.17.